The molecule has 0 fully saturated rings. The van der Waals surface area contributed by atoms with Crippen LogP contribution in [0.3, 0.4) is 0 Å². The molecule has 1 aliphatic heterocycles. The third-order valence-corrected chi connectivity index (χ3v) is 7.85. The molecule has 146 valence electrons. The van der Waals surface area contributed by atoms with Gasteiger partial charge in [-0.3, -0.25) is 4.79 Å². The van der Waals surface area contributed by atoms with E-state index >= 15 is 0 Å². The van der Waals surface area contributed by atoms with Crippen molar-refractivity contribution in [3.63, 3.8) is 0 Å². The Morgan fingerprint density at radius 1 is 1.25 bits per heavy atom. The molecule has 0 saturated carbocycles. The predicted molar refractivity (Wildman–Crippen MR) is 119 cm³/mol. The van der Waals surface area contributed by atoms with E-state index in [1.54, 1.807) is 11.3 Å². The highest BCUT2D eigenvalue weighted by atomic mass is 32.2. The van der Waals surface area contributed by atoms with Gasteiger partial charge in [-0.15, -0.1) is 23.1 Å². The van der Waals surface area contributed by atoms with Gasteiger partial charge in [0.15, 0.2) is 11.6 Å². The summed E-state index contributed by atoms with van der Waals surface area (Å²) in [4.78, 5) is 22.4. The van der Waals surface area contributed by atoms with Gasteiger partial charge in [0.2, 0.25) is 0 Å². The van der Waals surface area contributed by atoms with Gasteiger partial charge in [-0.1, -0.05) is 31.2 Å². The molecule has 0 aliphatic carbocycles. The van der Waals surface area contributed by atoms with Crippen LogP contribution in [0.25, 0.3) is 10.2 Å². The number of thioether (sulfide) groups is 1. The van der Waals surface area contributed by atoms with Gasteiger partial charge in [-0.25, -0.2) is 4.98 Å². The maximum absolute atomic E-state index is 13.2. The largest absolute Gasteiger partial charge is 0.322 e. The number of anilines is 1. The van der Waals surface area contributed by atoms with Crippen LogP contribution in [0.2, 0.25) is 0 Å². The number of rotatable bonds is 4. The lowest BCUT2D eigenvalue weighted by Gasteiger charge is -2.26. The molecule has 1 N–H and O–H groups in total. The molecule has 4 rings (SSSR count). The first-order valence-electron chi connectivity index (χ1n) is 9.76. The number of hydrogen-bond acceptors (Lipinski definition) is 4. The van der Waals surface area contributed by atoms with E-state index in [2.05, 4.69) is 51.2 Å². The molecule has 2 aromatic carbocycles. The second kappa shape index (κ2) is 8.23. The average molecular weight is 413 g/mol. The first-order chi connectivity index (χ1) is 13.5. The molecule has 0 radical (unpaired) electrons. The van der Waals surface area contributed by atoms with E-state index in [1.165, 1.54) is 14.5 Å². The monoisotopic (exact) mass is 412 g/mol. The SMILES string of the molecule is C[C@H]1CCN(C(=O)C[NH+](C)[C@@H](C)c2nc3ccccc3s2)c2ccccc2S1. The first-order valence-corrected chi connectivity index (χ1v) is 11.5. The molecule has 3 aromatic rings. The number of para-hydroxylation sites is 2. The van der Waals surface area contributed by atoms with E-state index in [-0.39, 0.29) is 11.9 Å². The minimum Gasteiger partial charge on any atom is -0.322 e. The van der Waals surface area contributed by atoms with Crippen molar-refractivity contribution in [3.05, 3.63) is 53.5 Å². The number of nitrogens with one attached hydrogen (secondary N) is 1. The number of amides is 1. The number of carbonyl (C=O) groups is 1. The smallest absolute Gasteiger partial charge is 0.282 e. The summed E-state index contributed by atoms with van der Waals surface area (Å²) in [5, 5.41) is 1.61. The number of likely N-dealkylation sites (N-methyl/N-ethyl adjacent to an activating group) is 1. The highest BCUT2D eigenvalue weighted by Gasteiger charge is 2.28. The van der Waals surface area contributed by atoms with Crippen molar-refractivity contribution >= 4 is 44.9 Å². The quantitative estimate of drug-likeness (QED) is 0.708. The standard InChI is InChI=1S/C22H25N3OS2/c1-15-12-13-25(18-9-5-7-11-20(18)27-15)21(26)14-24(3)16(2)22-23-17-8-4-6-10-19(17)28-22/h4-11,15-16H,12-14H2,1-3H3/p+1/t15-,16-/m0/s1. The Balaban J connectivity index is 1.51. The van der Waals surface area contributed by atoms with Crippen LogP contribution in [0.4, 0.5) is 5.69 Å². The van der Waals surface area contributed by atoms with Gasteiger partial charge >= 0.3 is 0 Å². The van der Waals surface area contributed by atoms with Crippen molar-refractivity contribution in [2.75, 3.05) is 25.0 Å². The fourth-order valence-electron chi connectivity index (χ4n) is 3.52. The van der Waals surface area contributed by atoms with Crippen molar-refractivity contribution in [3.8, 4) is 0 Å². The molecule has 6 heteroatoms. The zero-order valence-corrected chi connectivity index (χ0v) is 18.1. The van der Waals surface area contributed by atoms with Gasteiger partial charge in [-0.2, -0.15) is 0 Å². The Kier molecular flexibility index (Phi) is 5.71. The normalized spacial score (nSPS) is 19.1. The summed E-state index contributed by atoms with van der Waals surface area (Å²) in [7, 11) is 2.09. The van der Waals surface area contributed by atoms with Crippen LogP contribution in [0.1, 0.15) is 31.3 Å². The molecular weight excluding hydrogens is 386 g/mol. The number of quaternary nitrogens is 1. The number of carbonyl (C=O) groups excluding carboxylic acids is 1. The third-order valence-electron chi connectivity index (χ3n) is 5.39. The van der Waals surface area contributed by atoms with Crippen LogP contribution in [0, 0.1) is 0 Å². The molecule has 3 atom stereocenters. The summed E-state index contributed by atoms with van der Waals surface area (Å²) in [5.74, 6) is 0.188. The molecule has 0 saturated heterocycles. The van der Waals surface area contributed by atoms with Crippen molar-refractivity contribution in [1.29, 1.82) is 0 Å². The summed E-state index contributed by atoms with van der Waals surface area (Å²) < 4.78 is 1.20. The number of aromatic nitrogens is 1. The molecule has 2 heterocycles. The third kappa shape index (κ3) is 3.95. The van der Waals surface area contributed by atoms with Crippen LogP contribution in [-0.2, 0) is 4.79 Å². The molecule has 1 aliphatic rings. The maximum atomic E-state index is 13.2. The van der Waals surface area contributed by atoms with Crippen molar-refractivity contribution < 1.29 is 9.69 Å². The summed E-state index contributed by atoms with van der Waals surface area (Å²) in [6, 6.07) is 16.7. The minimum absolute atomic E-state index is 0.178. The van der Waals surface area contributed by atoms with E-state index in [1.807, 2.05) is 34.9 Å². The van der Waals surface area contributed by atoms with E-state index in [9.17, 15) is 4.79 Å². The summed E-state index contributed by atoms with van der Waals surface area (Å²) in [6.45, 7) is 5.65. The van der Waals surface area contributed by atoms with E-state index in [4.69, 9.17) is 4.98 Å². The molecule has 1 amide bonds. The minimum atomic E-state index is 0.178. The van der Waals surface area contributed by atoms with Gasteiger partial charge in [-0.05, 0) is 37.6 Å². The number of hydrogen-bond donors (Lipinski definition) is 1. The number of fused-ring (bicyclic) bond motifs is 2. The van der Waals surface area contributed by atoms with Crippen LogP contribution in [0.5, 0.6) is 0 Å². The lowest BCUT2D eigenvalue weighted by atomic mass is 10.2. The van der Waals surface area contributed by atoms with Crippen molar-refractivity contribution in [2.24, 2.45) is 0 Å². The van der Waals surface area contributed by atoms with Gasteiger partial charge < -0.3 is 9.80 Å². The second-order valence-corrected chi connectivity index (χ2v) is 10.0. The van der Waals surface area contributed by atoms with Crippen LogP contribution in [0.15, 0.2) is 53.4 Å². The molecule has 28 heavy (non-hydrogen) atoms. The summed E-state index contributed by atoms with van der Waals surface area (Å²) in [5.41, 5.74) is 2.10. The maximum Gasteiger partial charge on any atom is 0.282 e. The topological polar surface area (TPSA) is 37.6 Å². The van der Waals surface area contributed by atoms with Gasteiger partial charge in [0.1, 0.15) is 6.04 Å². The van der Waals surface area contributed by atoms with Crippen LogP contribution in [-0.4, -0.2) is 36.3 Å². The molecule has 0 spiro atoms. The molecule has 4 nitrogen and oxygen atoms in total. The predicted octanol–water partition coefficient (Wildman–Crippen LogP) is 3.79. The van der Waals surface area contributed by atoms with Crippen LogP contribution < -0.4 is 9.80 Å². The molecule has 0 bridgehead atoms. The lowest BCUT2D eigenvalue weighted by Crippen LogP contribution is -3.10. The number of benzene rings is 2. The summed E-state index contributed by atoms with van der Waals surface area (Å²) in [6.07, 6.45) is 1.01. The Morgan fingerprint density at radius 3 is 2.82 bits per heavy atom. The van der Waals surface area contributed by atoms with Gasteiger partial charge in [0.05, 0.1) is 23.0 Å². The van der Waals surface area contributed by atoms with Crippen molar-refractivity contribution in [1.82, 2.24) is 4.98 Å². The average Bonchev–Trinajstić information content (AvgIpc) is 3.04. The first kappa shape index (κ1) is 19.4. The fourth-order valence-corrected chi connectivity index (χ4v) is 5.74. The number of nitrogens with zero attached hydrogens (tertiary/aromatic N) is 2. The van der Waals surface area contributed by atoms with Gasteiger partial charge in [0, 0.05) is 16.7 Å². The highest BCUT2D eigenvalue weighted by molar-refractivity contribution is 8.00. The lowest BCUT2D eigenvalue weighted by molar-refractivity contribution is -0.902. The molecule has 1 unspecified atom stereocenters. The highest BCUT2D eigenvalue weighted by Crippen LogP contribution is 2.37. The fraction of sp³-hybridized carbons (Fsp3) is 0.364. The Hall–Kier alpha value is -1.89. The van der Waals surface area contributed by atoms with E-state index in [0.29, 0.717) is 11.8 Å². The Labute approximate surface area is 174 Å². The molecular formula is C22H26N3OS2+. The Bertz CT molecular complexity index is 954. The number of thiazole rings is 1. The second-order valence-electron chi connectivity index (χ2n) is 7.49. The Morgan fingerprint density at radius 2 is 2.00 bits per heavy atom. The zero-order chi connectivity index (χ0) is 19.7. The summed E-state index contributed by atoms with van der Waals surface area (Å²) >= 11 is 3.60. The van der Waals surface area contributed by atoms with E-state index in [0.717, 1.165) is 29.2 Å². The zero-order valence-electron chi connectivity index (χ0n) is 16.5. The van der Waals surface area contributed by atoms with Crippen LogP contribution >= 0.6 is 23.1 Å². The molecule has 1 aromatic heterocycles. The van der Waals surface area contributed by atoms with E-state index < -0.39 is 0 Å². The van der Waals surface area contributed by atoms with Crippen molar-refractivity contribution in [2.45, 2.75) is 36.5 Å². The van der Waals surface area contributed by atoms with Gasteiger partial charge in [0.25, 0.3) is 5.91 Å².